The van der Waals surface area contributed by atoms with Gasteiger partial charge in [0.15, 0.2) is 0 Å². The molecule has 1 aromatic heterocycles. The molecule has 0 amide bonds. The number of nitrogens with zero attached hydrogens (tertiary/aromatic N) is 1. The molecule has 0 unspecified atom stereocenters. The van der Waals surface area contributed by atoms with Crippen LogP contribution in [0.25, 0.3) is 0 Å². The first-order valence-electron chi connectivity index (χ1n) is 6.87. The zero-order valence-electron chi connectivity index (χ0n) is 13.1. The van der Waals surface area contributed by atoms with E-state index in [1.165, 1.54) is 19.2 Å². The number of hydrogen-bond acceptors (Lipinski definition) is 5. The highest BCUT2D eigenvalue weighted by molar-refractivity contribution is 7.89. The molecule has 0 radical (unpaired) electrons. The maximum Gasteiger partial charge on any atom is 0.240 e. The lowest BCUT2D eigenvalue weighted by Gasteiger charge is -2.24. The van der Waals surface area contributed by atoms with Gasteiger partial charge in [-0.1, -0.05) is 11.6 Å². The molecule has 1 heterocycles. The van der Waals surface area contributed by atoms with Crippen molar-refractivity contribution in [2.45, 2.75) is 10.9 Å². The van der Waals surface area contributed by atoms with E-state index < -0.39 is 10.0 Å². The van der Waals surface area contributed by atoms with Gasteiger partial charge in [-0.05, 0) is 54.7 Å². The van der Waals surface area contributed by atoms with E-state index in [2.05, 4.69) is 4.72 Å². The standard InChI is InChI=1S/C15H19ClN2O3S2/c1-18(2)14(11-6-7-22-10-11)9-17-23(19,20)12-4-5-15(21-3)13(16)8-12/h4-8,10,14,17H,9H2,1-3H3/t14-/m1/s1. The number of methoxy groups -OCH3 is 1. The number of nitrogens with one attached hydrogen (secondary N) is 1. The Kier molecular flexibility index (Phi) is 6.05. The van der Waals surface area contributed by atoms with E-state index in [0.717, 1.165) is 5.56 Å². The largest absolute Gasteiger partial charge is 0.495 e. The van der Waals surface area contributed by atoms with Crippen molar-refractivity contribution in [1.82, 2.24) is 9.62 Å². The van der Waals surface area contributed by atoms with Gasteiger partial charge in [0.05, 0.1) is 17.0 Å². The van der Waals surface area contributed by atoms with Crippen molar-refractivity contribution in [3.05, 3.63) is 45.6 Å². The Labute approximate surface area is 145 Å². The fourth-order valence-corrected chi connectivity index (χ4v) is 4.24. The van der Waals surface area contributed by atoms with Gasteiger partial charge in [-0.3, -0.25) is 0 Å². The Morgan fingerprint density at radius 2 is 2.09 bits per heavy atom. The van der Waals surface area contributed by atoms with E-state index in [1.54, 1.807) is 17.4 Å². The van der Waals surface area contributed by atoms with Crippen LogP contribution in [0.2, 0.25) is 5.02 Å². The smallest absolute Gasteiger partial charge is 0.240 e. The zero-order valence-corrected chi connectivity index (χ0v) is 15.5. The van der Waals surface area contributed by atoms with Crippen LogP contribution in [0.15, 0.2) is 39.9 Å². The van der Waals surface area contributed by atoms with E-state index >= 15 is 0 Å². The van der Waals surface area contributed by atoms with Crippen molar-refractivity contribution in [2.24, 2.45) is 0 Å². The quantitative estimate of drug-likeness (QED) is 0.809. The lowest BCUT2D eigenvalue weighted by Crippen LogP contribution is -2.34. The molecule has 2 rings (SSSR count). The Balaban J connectivity index is 2.16. The average molecular weight is 375 g/mol. The number of sulfonamides is 1. The van der Waals surface area contributed by atoms with Crippen LogP contribution in [-0.2, 0) is 10.0 Å². The molecular weight excluding hydrogens is 356 g/mol. The van der Waals surface area contributed by atoms with Gasteiger partial charge in [-0.2, -0.15) is 11.3 Å². The predicted octanol–water partition coefficient (Wildman–Crippen LogP) is 2.99. The van der Waals surface area contributed by atoms with E-state index in [1.807, 2.05) is 35.8 Å². The molecule has 126 valence electrons. The van der Waals surface area contributed by atoms with Crippen LogP contribution in [0.1, 0.15) is 11.6 Å². The first-order valence-corrected chi connectivity index (χ1v) is 9.67. The topological polar surface area (TPSA) is 58.6 Å². The molecule has 0 aliphatic rings. The van der Waals surface area contributed by atoms with Gasteiger partial charge in [-0.15, -0.1) is 0 Å². The molecule has 1 N–H and O–H groups in total. The molecule has 0 aliphatic carbocycles. The van der Waals surface area contributed by atoms with E-state index in [9.17, 15) is 8.42 Å². The molecular formula is C15H19ClN2O3S2. The van der Waals surface area contributed by atoms with Crippen molar-refractivity contribution < 1.29 is 13.2 Å². The first kappa shape index (κ1) is 18.2. The summed E-state index contributed by atoms with van der Waals surface area (Å²) in [5.41, 5.74) is 1.08. The highest BCUT2D eigenvalue weighted by Gasteiger charge is 2.20. The van der Waals surface area contributed by atoms with Crippen LogP contribution < -0.4 is 9.46 Å². The number of thiophene rings is 1. The zero-order chi connectivity index (χ0) is 17.0. The fourth-order valence-electron chi connectivity index (χ4n) is 2.15. The molecule has 5 nitrogen and oxygen atoms in total. The summed E-state index contributed by atoms with van der Waals surface area (Å²) in [4.78, 5) is 2.09. The summed E-state index contributed by atoms with van der Waals surface area (Å²) in [5, 5.41) is 4.25. The fraction of sp³-hybridized carbons (Fsp3) is 0.333. The van der Waals surface area contributed by atoms with Gasteiger partial charge in [0, 0.05) is 12.6 Å². The SMILES string of the molecule is COc1ccc(S(=O)(=O)NC[C@H](c2ccsc2)N(C)C)cc1Cl. The number of hydrogen-bond donors (Lipinski definition) is 1. The second-order valence-electron chi connectivity index (χ2n) is 5.18. The number of likely N-dealkylation sites (N-methyl/N-ethyl adjacent to an activating group) is 1. The second kappa shape index (κ2) is 7.63. The highest BCUT2D eigenvalue weighted by Crippen LogP contribution is 2.27. The van der Waals surface area contributed by atoms with Crippen LogP contribution in [0.5, 0.6) is 5.75 Å². The predicted molar refractivity (Wildman–Crippen MR) is 93.9 cm³/mol. The normalized spacial score (nSPS) is 13.3. The molecule has 8 heteroatoms. The van der Waals surface area contributed by atoms with Gasteiger partial charge in [0.2, 0.25) is 10.0 Å². The van der Waals surface area contributed by atoms with Gasteiger partial charge >= 0.3 is 0 Å². The molecule has 1 aromatic carbocycles. The molecule has 0 saturated heterocycles. The highest BCUT2D eigenvalue weighted by atomic mass is 35.5. The van der Waals surface area contributed by atoms with Crippen LogP contribution in [0, 0.1) is 0 Å². The molecule has 23 heavy (non-hydrogen) atoms. The number of ether oxygens (including phenoxy) is 1. The molecule has 0 fully saturated rings. The molecule has 0 bridgehead atoms. The summed E-state index contributed by atoms with van der Waals surface area (Å²) in [5.74, 6) is 0.440. The van der Waals surface area contributed by atoms with E-state index in [-0.39, 0.29) is 22.5 Å². The average Bonchev–Trinajstić information content (AvgIpc) is 3.01. The van der Waals surface area contributed by atoms with Crippen molar-refractivity contribution in [1.29, 1.82) is 0 Å². The Hall–Kier alpha value is -1.12. The minimum Gasteiger partial charge on any atom is -0.495 e. The molecule has 0 aliphatic heterocycles. The lowest BCUT2D eigenvalue weighted by molar-refractivity contribution is 0.300. The summed E-state index contributed by atoms with van der Waals surface area (Å²) >= 11 is 7.59. The molecule has 1 atom stereocenters. The minimum absolute atomic E-state index is 0.0373. The summed E-state index contributed by atoms with van der Waals surface area (Å²) < 4.78 is 32.6. The summed E-state index contributed by atoms with van der Waals surface area (Å²) in [6.45, 7) is 0.274. The third kappa shape index (κ3) is 4.45. The number of halogens is 1. The third-order valence-electron chi connectivity index (χ3n) is 3.45. The maximum absolute atomic E-state index is 12.5. The summed E-state index contributed by atoms with van der Waals surface area (Å²) in [6.07, 6.45) is 0. The van der Waals surface area contributed by atoms with Crippen molar-refractivity contribution >= 4 is 33.0 Å². The van der Waals surface area contributed by atoms with Crippen LogP contribution in [0.3, 0.4) is 0 Å². The first-order chi connectivity index (χ1) is 10.8. The summed E-state index contributed by atoms with van der Waals surface area (Å²) in [7, 11) is 1.68. The number of benzene rings is 1. The Morgan fingerprint density at radius 1 is 1.35 bits per heavy atom. The van der Waals surface area contributed by atoms with Gasteiger partial charge in [-0.25, -0.2) is 13.1 Å². The number of rotatable bonds is 7. The third-order valence-corrected chi connectivity index (χ3v) is 5.87. The molecule has 0 saturated carbocycles. The van der Waals surface area contributed by atoms with Gasteiger partial charge < -0.3 is 9.64 Å². The maximum atomic E-state index is 12.5. The van der Waals surface area contributed by atoms with E-state index in [4.69, 9.17) is 16.3 Å². The van der Waals surface area contributed by atoms with Crippen LogP contribution >= 0.6 is 22.9 Å². The Bertz CT molecular complexity index is 746. The van der Waals surface area contributed by atoms with Crippen LogP contribution in [0.4, 0.5) is 0 Å². The lowest BCUT2D eigenvalue weighted by atomic mass is 10.1. The summed E-state index contributed by atoms with van der Waals surface area (Å²) in [6, 6.07) is 6.36. The Morgan fingerprint density at radius 3 is 2.61 bits per heavy atom. The second-order valence-corrected chi connectivity index (χ2v) is 8.14. The molecule has 0 spiro atoms. The van der Waals surface area contributed by atoms with Crippen molar-refractivity contribution in [3.8, 4) is 5.75 Å². The van der Waals surface area contributed by atoms with E-state index in [0.29, 0.717) is 5.75 Å². The van der Waals surface area contributed by atoms with Crippen molar-refractivity contribution in [2.75, 3.05) is 27.7 Å². The minimum atomic E-state index is -3.64. The molecule has 2 aromatic rings. The van der Waals surface area contributed by atoms with Crippen LogP contribution in [-0.4, -0.2) is 41.1 Å². The van der Waals surface area contributed by atoms with Gasteiger partial charge in [0.25, 0.3) is 0 Å². The van der Waals surface area contributed by atoms with Gasteiger partial charge in [0.1, 0.15) is 5.75 Å². The monoisotopic (exact) mass is 374 g/mol. The van der Waals surface area contributed by atoms with Crippen molar-refractivity contribution in [3.63, 3.8) is 0 Å².